The van der Waals surface area contributed by atoms with Gasteiger partial charge in [0.25, 0.3) is 5.56 Å². The minimum atomic E-state index is -2.83. The molecule has 0 N–H and O–H groups in total. The van der Waals surface area contributed by atoms with Crippen molar-refractivity contribution in [2.75, 3.05) is 7.11 Å². The predicted octanol–water partition coefficient (Wildman–Crippen LogP) is 5.31. The van der Waals surface area contributed by atoms with E-state index in [1.165, 1.54) is 30.3 Å². The number of benzene rings is 2. The number of aromatic nitrogens is 6. The first-order chi connectivity index (χ1) is 19.1. The Bertz CT molecular complexity index is 1780. The van der Waals surface area contributed by atoms with Crippen molar-refractivity contribution in [3.8, 4) is 22.6 Å². The molecule has 206 valence electrons. The molecule has 0 aliphatic rings. The summed E-state index contributed by atoms with van der Waals surface area (Å²) in [6.07, 6.45) is 0.726. The van der Waals surface area contributed by atoms with Gasteiger partial charge in [0.15, 0.2) is 10.9 Å². The summed E-state index contributed by atoms with van der Waals surface area (Å²) in [5.41, 5.74) is 1.96. The summed E-state index contributed by atoms with van der Waals surface area (Å²) >= 11 is 12.2. The van der Waals surface area contributed by atoms with Crippen LogP contribution in [0, 0.1) is 0 Å². The number of pyridine rings is 1. The number of aryl methyl sites for hydroxylation is 1. The molecule has 0 saturated carbocycles. The SMILES string of the molecule is COc1cn(C(CC(F)F)C(=O)Cc2ccc3nn(C)cc3c2)c(=O)cc1-c1cc(Cl)ccc1-n1cc(Cl)nn1. The molecule has 5 aromatic rings. The van der Waals surface area contributed by atoms with Crippen LogP contribution < -0.4 is 10.3 Å². The summed E-state index contributed by atoms with van der Waals surface area (Å²) in [7, 11) is 3.15. The summed E-state index contributed by atoms with van der Waals surface area (Å²) in [4.78, 5) is 26.8. The molecule has 0 saturated heterocycles. The summed E-state index contributed by atoms with van der Waals surface area (Å²) in [5, 5.41) is 13.4. The lowest BCUT2D eigenvalue weighted by atomic mass is 9.99. The highest BCUT2D eigenvalue weighted by atomic mass is 35.5. The van der Waals surface area contributed by atoms with Gasteiger partial charge >= 0.3 is 0 Å². The lowest BCUT2D eigenvalue weighted by molar-refractivity contribution is -0.122. The lowest BCUT2D eigenvalue weighted by Crippen LogP contribution is -2.32. The molecule has 9 nitrogen and oxygen atoms in total. The van der Waals surface area contributed by atoms with Crippen LogP contribution in [0.25, 0.3) is 27.7 Å². The van der Waals surface area contributed by atoms with Crippen LogP contribution in [0.15, 0.2) is 65.8 Å². The number of Topliss-reactive ketones (excluding diaryl/α,β-unsaturated/α-hetero) is 1. The molecule has 0 radical (unpaired) electrons. The number of fused-ring (bicyclic) bond motifs is 1. The molecule has 0 aliphatic heterocycles. The van der Waals surface area contributed by atoms with Crippen LogP contribution in [-0.4, -0.2) is 48.7 Å². The van der Waals surface area contributed by atoms with Crippen LogP contribution in [0.2, 0.25) is 10.2 Å². The van der Waals surface area contributed by atoms with Gasteiger partial charge in [-0.25, -0.2) is 13.5 Å². The van der Waals surface area contributed by atoms with E-state index in [0.717, 1.165) is 15.5 Å². The highest BCUT2D eigenvalue weighted by molar-refractivity contribution is 6.31. The third-order valence-electron chi connectivity index (χ3n) is 6.40. The Balaban J connectivity index is 1.55. The van der Waals surface area contributed by atoms with E-state index in [1.807, 2.05) is 0 Å². The van der Waals surface area contributed by atoms with E-state index in [2.05, 4.69) is 15.4 Å². The smallest absolute Gasteiger partial charge is 0.252 e. The maximum Gasteiger partial charge on any atom is 0.252 e. The van der Waals surface area contributed by atoms with Gasteiger partial charge in [0, 0.05) is 53.7 Å². The zero-order valence-electron chi connectivity index (χ0n) is 21.3. The second-order valence-corrected chi connectivity index (χ2v) is 9.95. The highest BCUT2D eigenvalue weighted by Gasteiger charge is 2.27. The monoisotopic (exact) mass is 586 g/mol. The van der Waals surface area contributed by atoms with Crippen molar-refractivity contribution >= 4 is 39.9 Å². The largest absolute Gasteiger partial charge is 0.495 e. The number of nitrogens with zero attached hydrogens (tertiary/aromatic N) is 6. The second-order valence-electron chi connectivity index (χ2n) is 9.13. The van der Waals surface area contributed by atoms with Crippen molar-refractivity contribution in [3.05, 3.63) is 87.1 Å². The van der Waals surface area contributed by atoms with E-state index in [1.54, 1.807) is 54.3 Å². The molecular formula is C27H22Cl2F2N6O3. The Labute approximate surface area is 236 Å². The normalized spacial score (nSPS) is 12.3. The molecule has 0 spiro atoms. The minimum Gasteiger partial charge on any atom is -0.495 e. The number of hydrogen-bond donors (Lipinski definition) is 0. The van der Waals surface area contributed by atoms with Crippen molar-refractivity contribution < 1.29 is 18.3 Å². The topological polar surface area (TPSA) is 96.8 Å². The fourth-order valence-electron chi connectivity index (χ4n) is 4.63. The van der Waals surface area contributed by atoms with E-state index in [0.29, 0.717) is 27.4 Å². The van der Waals surface area contributed by atoms with E-state index >= 15 is 0 Å². The third kappa shape index (κ3) is 5.61. The van der Waals surface area contributed by atoms with E-state index in [-0.39, 0.29) is 17.3 Å². The number of carbonyl (C=O) groups is 1. The fourth-order valence-corrected chi connectivity index (χ4v) is 4.93. The Kier molecular flexibility index (Phi) is 7.68. The zero-order valence-corrected chi connectivity index (χ0v) is 22.8. The molecule has 13 heteroatoms. The number of ketones is 1. The standard InChI is InChI=1S/C27H22Cl2F2N6O3/c1-35-12-16-7-15(3-5-20(16)33-35)8-23(38)22(11-26(30)31)36-13-24(40-2)19(10-27(36)39)18-9-17(28)4-6-21(18)37-14-25(29)32-34-37/h3-7,9-10,12-14,22,26H,8,11H2,1-2H3. The van der Waals surface area contributed by atoms with E-state index in [4.69, 9.17) is 27.9 Å². The number of alkyl halides is 2. The zero-order chi connectivity index (χ0) is 28.6. The second kappa shape index (κ2) is 11.2. The van der Waals surface area contributed by atoms with Gasteiger partial charge in [0.05, 0.1) is 30.7 Å². The van der Waals surface area contributed by atoms with E-state index < -0.39 is 30.2 Å². The lowest BCUT2D eigenvalue weighted by Gasteiger charge is -2.21. The molecular weight excluding hydrogens is 565 g/mol. The van der Waals surface area contributed by atoms with Gasteiger partial charge in [0.2, 0.25) is 6.43 Å². The maximum absolute atomic E-state index is 13.7. The first-order valence-electron chi connectivity index (χ1n) is 12.0. The van der Waals surface area contributed by atoms with Gasteiger partial charge in [-0.3, -0.25) is 14.3 Å². The Hall–Kier alpha value is -4.09. The molecule has 0 aliphatic carbocycles. The van der Waals surface area contributed by atoms with Crippen LogP contribution in [-0.2, 0) is 18.3 Å². The molecule has 2 aromatic carbocycles. The number of methoxy groups -OCH3 is 1. The van der Waals surface area contributed by atoms with Gasteiger partial charge in [-0.1, -0.05) is 34.5 Å². The van der Waals surface area contributed by atoms with Crippen molar-refractivity contribution in [2.45, 2.75) is 25.3 Å². The summed E-state index contributed by atoms with van der Waals surface area (Å²) < 4.78 is 36.9. The summed E-state index contributed by atoms with van der Waals surface area (Å²) in [5.74, 6) is -0.376. The molecule has 3 heterocycles. The van der Waals surface area contributed by atoms with Gasteiger partial charge in [-0.2, -0.15) is 5.10 Å². The highest BCUT2D eigenvalue weighted by Crippen LogP contribution is 2.36. The van der Waals surface area contributed by atoms with Crippen LogP contribution in [0.5, 0.6) is 5.75 Å². The van der Waals surface area contributed by atoms with Crippen LogP contribution >= 0.6 is 23.2 Å². The van der Waals surface area contributed by atoms with Gasteiger partial charge in [-0.05, 0) is 35.9 Å². The fraction of sp³-hybridized carbons (Fsp3) is 0.222. The average molecular weight is 587 g/mol. The summed E-state index contributed by atoms with van der Waals surface area (Å²) in [6.45, 7) is 0. The van der Waals surface area contributed by atoms with Crippen molar-refractivity contribution in [1.82, 2.24) is 29.3 Å². The number of ether oxygens (including phenoxy) is 1. The van der Waals surface area contributed by atoms with Crippen molar-refractivity contribution in [2.24, 2.45) is 7.05 Å². The molecule has 1 unspecified atom stereocenters. The maximum atomic E-state index is 13.7. The van der Waals surface area contributed by atoms with E-state index in [9.17, 15) is 18.4 Å². The summed E-state index contributed by atoms with van der Waals surface area (Å²) in [6, 6.07) is 9.95. The molecule has 0 amide bonds. The Morgan fingerprint density at radius 2 is 1.85 bits per heavy atom. The molecule has 0 fully saturated rings. The van der Waals surface area contributed by atoms with Crippen LogP contribution in [0.1, 0.15) is 18.0 Å². The average Bonchev–Trinajstić information content (AvgIpc) is 3.51. The Morgan fingerprint density at radius 3 is 2.55 bits per heavy atom. The minimum absolute atomic E-state index is 0.149. The quantitative estimate of drug-likeness (QED) is 0.232. The number of carbonyl (C=O) groups excluding carboxylic acids is 1. The van der Waals surface area contributed by atoms with Gasteiger partial charge in [0.1, 0.15) is 11.8 Å². The number of hydrogen-bond acceptors (Lipinski definition) is 6. The van der Waals surface area contributed by atoms with Crippen LogP contribution in [0.4, 0.5) is 8.78 Å². The van der Waals surface area contributed by atoms with Gasteiger partial charge in [-0.15, -0.1) is 5.10 Å². The molecule has 1 atom stereocenters. The van der Waals surface area contributed by atoms with Crippen molar-refractivity contribution in [1.29, 1.82) is 0 Å². The first-order valence-corrected chi connectivity index (χ1v) is 12.8. The molecule has 40 heavy (non-hydrogen) atoms. The molecule has 3 aromatic heterocycles. The predicted molar refractivity (Wildman–Crippen MR) is 147 cm³/mol. The number of rotatable bonds is 9. The molecule has 5 rings (SSSR count). The van der Waals surface area contributed by atoms with Gasteiger partial charge < -0.3 is 9.30 Å². The first kappa shape index (κ1) is 27.5. The third-order valence-corrected chi connectivity index (χ3v) is 6.80. The molecule has 0 bridgehead atoms. The Morgan fingerprint density at radius 1 is 1.05 bits per heavy atom. The van der Waals surface area contributed by atoms with Crippen LogP contribution in [0.3, 0.4) is 0 Å². The number of halogens is 4. The van der Waals surface area contributed by atoms with Crippen molar-refractivity contribution in [3.63, 3.8) is 0 Å².